The maximum Gasteiger partial charge on any atom is 0.271 e. The summed E-state index contributed by atoms with van der Waals surface area (Å²) in [4.78, 5) is 24.3. The zero-order chi connectivity index (χ0) is 19.9. The van der Waals surface area contributed by atoms with Gasteiger partial charge in [0.2, 0.25) is 0 Å². The smallest absolute Gasteiger partial charge is 0.271 e. The SMILES string of the molecule is Cc1ccc(C(=O)Nc2ccc(C(=O)N/N=C\c3ccccc3O)cc2)cc1. The maximum atomic E-state index is 12.2. The topological polar surface area (TPSA) is 90.8 Å². The number of anilines is 1. The van der Waals surface area contributed by atoms with Crippen molar-refractivity contribution >= 4 is 23.7 Å². The Morgan fingerprint density at radius 1 is 0.857 bits per heavy atom. The van der Waals surface area contributed by atoms with Gasteiger partial charge in [-0.15, -0.1) is 0 Å². The van der Waals surface area contributed by atoms with Gasteiger partial charge in [0, 0.05) is 22.4 Å². The third-order valence-corrected chi connectivity index (χ3v) is 4.03. The van der Waals surface area contributed by atoms with E-state index in [4.69, 9.17) is 0 Å². The molecule has 0 heterocycles. The number of aryl methyl sites for hydroxylation is 1. The largest absolute Gasteiger partial charge is 0.507 e. The standard InChI is InChI=1S/C22H19N3O3/c1-15-6-8-16(9-7-15)21(27)24-19-12-10-17(11-13-19)22(28)25-23-14-18-4-2-3-5-20(18)26/h2-14,26H,1H3,(H,24,27)(H,25,28)/b23-14-. The number of hydrazone groups is 1. The molecule has 0 aliphatic rings. The fourth-order valence-electron chi connectivity index (χ4n) is 2.43. The summed E-state index contributed by atoms with van der Waals surface area (Å²) in [5, 5.41) is 16.3. The number of phenols is 1. The minimum Gasteiger partial charge on any atom is -0.507 e. The highest BCUT2D eigenvalue weighted by atomic mass is 16.3. The summed E-state index contributed by atoms with van der Waals surface area (Å²) in [6.07, 6.45) is 1.36. The van der Waals surface area contributed by atoms with Gasteiger partial charge in [0.25, 0.3) is 11.8 Å². The normalized spacial score (nSPS) is 10.6. The molecule has 6 nitrogen and oxygen atoms in total. The lowest BCUT2D eigenvalue weighted by molar-refractivity contribution is 0.0954. The molecule has 6 heteroatoms. The monoisotopic (exact) mass is 373 g/mol. The van der Waals surface area contributed by atoms with Crippen LogP contribution in [0.4, 0.5) is 5.69 Å². The van der Waals surface area contributed by atoms with Crippen molar-refractivity contribution < 1.29 is 14.7 Å². The molecule has 0 bridgehead atoms. The molecule has 3 N–H and O–H groups in total. The number of hydrogen-bond donors (Lipinski definition) is 3. The fourth-order valence-corrected chi connectivity index (χ4v) is 2.43. The first kappa shape index (κ1) is 18.8. The predicted octanol–water partition coefficient (Wildman–Crippen LogP) is 3.72. The number of nitrogens with zero attached hydrogens (tertiary/aromatic N) is 1. The van der Waals surface area contributed by atoms with Crippen molar-refractivity contribution in [3.8, 4) is 5.75 Å². The van der Waals surface area contributed by atoms with E-state index < -0.39 is 5.91 Å². The Bertz CT molecular complexity index is 1010. The number of amides is 2. The molecule has 3 aromatic rings. The van der Waals surface area contributed by atoms with Gasteiger partial charge >= 0.3 is 0 Å². The molecule has 0 aliphatic carbocycles. The molecular weight excluding hydrogens is 354 g/mol. The molecule has 0 spiro atoms. The van der Waals surface area contributed by atoms with Crippen LogP contribution in [-0.4, -0.2) is 23.1 Å². The number of carbonyl (C=O) groups excluding carboxylic acids is 2. The average molecular weight is 373 g/mol. The van der Waals surface area contributed by atoms with Crippen molar-refractivity contribution in [1.82, 2.24) is 5.43 Å². The molecule has 0 unspecified atom stereocenters. The highest BCUT2D eigenvalue weighted by Gasteiger charge is 2.08. The molecule has 0 fully saturated rings. The Hall–Kier alpha value is -3.93. The third-order valence-electron chi connectivity index (χ3n) is 4.03. The van der Waals surface area contributed by atoms with Gasteiger partial charge in [0.05, 0.1) is 6.21 Å². The molecule has 0 saturated carbocycles. The maximum absolute atomic E-state index is 12.2. The second-order valence-electron chi connectivity index (χ2n) is 6.16. The number of aromatic hydroxyl groups is 1. The number of benzene rings is 3. The minimum absolute atomic E-state index is 0.0779. The lowest BCUT2D eigenvalue weighted by atomic mass is 10.1. The van der Waals surface area contributed by atoms with Gasteiger partial charge in [-0.25, -0.2) is 5.43 Å². The zero-order valence-electron chi connectivity index (χ0n) is 15.2. The molecular formula is C22H19N3O3. The van der Waals surface area contributed by atoms with Gasteiger partial charge in [-0.2, -0.15) is 5.10 Å². The number of rotatable bonds is 5. The molecule has 2 amide bonds. The molecule has 0 radical (unpaired) electrons. The molecule has 3 aromatic carbocycles. The quantitative estimate of drug-likeness (QED) is 0.470. The van der Waals surface area contributed by atoms with E-state index >= 15 is 0 Å². The van der Waals surface area contributed by atoms with Crippen molar-refractivity contribution in [2.75, 3.05) is 5.32 Å². The summed E-state index contributed by atoms with van der Waals surface area (Å²) >= 11 is 0. The van der Waals surface area contributed by atoms with E-state index in [-0.39, 0.29) is 11.7 Å². The van der Waals surface area contributed by atoms with Crippen LogP contribution in [0.1, 0.15) is 31.8 Å². The van der Waals surface area contributed by atoms with E-state index in [1.54, 1.807) is 54.6 Å². The van der Waals surface area contributed by atoms with Crippen LogP contribution in [0, 0.1) is 6.92 Å². The second kappa shape index (κ2) is 8.64. The van der Waals surface area contributed by atoms with Crippen molar-refractivity contribution in [2.45, 2.75) is 6.92 Å². The zero-order valence-corrected chi connectivity index (χ0v) is 15.2. The highest BCUT2D eigenvalue weighted by molar-refractivity contribution is 6.04. The summed E-state index contributed by atoms with van der Waals surface area (Å²) < 4.78 is 0. The molecule has 0 saturated heterocycles. The summed E-state index contributed by atoms with van der Waals surface area (Å²) in [5.74, 6) is -0.540. The van der Waals surface area contributed by atoms with Crippen LogP contribution in [0.15, 0.2) is 77.9 Å². The van der Waals surface area contributed by atoms with Crippen molar-refractivity contribution in [3.05, 3.63) is 95.1 Å². The van der Waals surface area contributed by atoms with Crippen molar-refractivity contribution in [3.63, 3.8) is 0 Å². The van der Waals surface area contributed by atoms with Gasteiger partial charge in [0.15, 0.2) is 0 Å². The van der Waals surface area contributed by atoms with E-state index in [1.807, 2.05) is 19.1 Å². The fraction of sp³-hybridized carbons (Fsp3) is 0.0455. The number of phenolic OH excluding ortho intramolecular Hbond substituents is 1. The molecule has 28 heavy (non-hydrogen) atoms. The lowest BCUT2D eigenvalue weighted by Gasteiger charge is -2.06. The van der Waals surface area contributed by atoms with Crippen molar-refractivity contribution in [2.24, 2.45) is 5.10 Å². The number of para-hydroxylation sites is 1. The number of carbonyl (C=O) groups is 2. The van der Waals surface area contributed by atoms with E-state index in [0.29, 0.717) is 22.4 Å². The lowest BCUT2D eigenvalue weighted by Crippen LogP contribution is -2.17. The van der Waals surface area contributed by atoms with Gasteiger partial charge in [-0.3, -0.25) is 9.59 Å². The van der Waals surface area contributed by atoms with Gasteiger partial charge in [-0.1, -0.05) is 29.8 Å². The van der Waals surface area contributed by atoms with Crippen LogP contribution in [0.5, 0.6) is 5.75 Å². The van der Waals surface area contributed by atoms with E-state index in [0.717, 1.165) is 5.56 Å². The highest BCUT2D eigenvalue weighted by Crippen LogP contribution is 2.13. The molecule has 3 rings (SSSR count). The first-order valence-electron chi connectivity index (χ1n) is 8.62. The third kappa shape index (κ3) is 4.82. The summed E-state index contributed by atoms with van der Waals surface area (Å²) in [5.41, 5.74) is 5.51. The van der Waals surface area contributed by atoms with Crippen LogP contribution in [0.25, 0.3) is 0 Å². The Kier molecular flexibility index (Phi) is 5.81. The molecule has 0 aromatic heterocycles. The summed E-state index contributed by atoms with van der Waals surface area (Å²) in [7, 11) is 0. The second-order valence-corrected chi connectivity index (χ2v) is 6.16. The van der Waals surface area contributed by atoms with Crippen LogP contribution in [0.3, 0.4) is 0 Å². The van der Waals surface area contributed by atoms with Crippen molar-refractivity contribution in [1.29, 1.82) is 0 Å². The Balaban J connectivity index is 1.59. The van der Waals surface area contributed by atoms with E-state index in [2.05, 4.69) is 15.8 Å². The predicted molar refractivity (Wildman–Crippen MR) is 109 cm³/mol. The van der Waals surface area contributed by atoms with Crippen LogP contribution >= 0.6 is 0 Å². The minimum atomic E-state index is -0.400. The summed E-state index contributed by atoms with van der Waals surface area (Å²) in [6, 6.07) is 20.4. The van der Waals surface area contributed by atoms with Gasteiger partial charge in [-0.05, 0) is 55.5 Å². The average Bonchev–Trinajstić information content (AvgIpc) is 2.70. The number of nitrogens with one attached hydrogen (secondary N) is 2. The van der Waals surface area contributed by atoms with E-state index in [9.17, 15) is 14.7 Å². The van der Waals surface area contributed by atoms with Crippen LogP contribution in [-0.2, 0) is 0 Å². The van der Waals surface area contributed by atoms with Gasteiger partial charge < -0.3 is 10.4 Å². The van der Waals surface area contributed by atoms with E-state index in [1.165, 1.54) is 12.3 Å². The first-order chi connectivity index (χ1) is 13.5. The Morgan fingerprint density at radius 2 is 1.46 bits per heavy atom. The first-order valence-corrected chi connectivity index (χ1v) is 8.62. The number of hydrogen-bond acceptors (Lipinski definition) is 4. The van der Waals surface area contributed by atoms with Gasteiger partial charge in [0.1, 0.15) is 5.75 Å². The molecule has 0 atom stereocenters. The molecule has 140 valence electrons. The van der Waals surface area contributed by atoms with Crippen LogP contribution < -0.4 is 10.7 Å². The molecule has 0 aliphatic heterocycles. The Labute approximate surface area is 162 Å². The Morgan fingerprint density at radius 3 is 2.14 bits per heavy atom. The summed E-state index contributed by atoms with van der Waals surface area (Å²) in [6.45, 7) is 1.96. The van der Waals surface area contributed by atoms with Crippen LogP contribution in [0.2, 0.25) is 0 Å².